The second-order valence-corrected chi connectivity index (χ2v) is 6.44. The third-order valence-electron chi connectivity index (χ3n) is 5.09. The molecule has 0 radical (unpaired) electrons. The van der Waals surface area contributed by atoms with E-state index in [0.717, 1.165) is 25.3 Å². The van der Waals surface area contributed by atoms with Gasteiger partial charge in [-0.25, -0.2) is 0 Å². The van der Waals surface area contributed by atoms with Gasteiger partial charge in [0.1, 0.15) is 0 Å². The first-order chi connectivity index (χ1) is 9.04. The summed E-state index contributed by atoms with van der Waals surface area (Å²) in [7, 11) is 0. The number of benzene rings is 1. The molecule has 3 rings (SSSR count). The Labute approximate surface area is 115 Å². The van der Waals surface area contributed by atoms with Crippen LogP contribution in [0.15, 0.2) is 24.3 Å². The van der Waals surface area contributed by atoms with Crippen LogP contribution in [-0.2, 0) is 10.2 Å². The van der Waals surface area contributed by atoms with Crippen molar-refractivity contribution in [2.24, 2.45) is 0 Å². The lowest BCUT2D eigenvalue weighted by Gasteiger charge is -2.31. The molecule has 0 aromatic heterocycles. The van der Waals surface area contributed by atoms with Crippen molar-refractivity contribution >= 4 is 5.69 Å². The molecule has 104 valence electrons. The third kappa shape index (κ3) is 2.37. The molecule has 1 aromatic carbocycles. The van der Waals surface area contributed by atoms with Gasteiger partial charge < -0.3 is 15.8 Å². The van der Waals surface area contributed by atoms with Gasteiger partial charge in [-0.2, -0.15) is 0 Å². The maximum atomic E-state index is 5.77. The van der Waals surface area contributed by atoms with Gasteiger partial charge in [-0.05, 0) is 50.8 Å². The molecule has 2 aliphatic rings. The van der Waals surface area contributed by atoms with Gasteiger partial charge in [0.25, 0.3) is 0 Å². The highest BCUT2D eigenvalue weighted by Crippen LogP contribution is 2.48. The Morgan fingerprint density at radius 3 is 2.47 bits per heavy atom. The molecule has 2 atom stereocenters. The van der Waals surface area contributed by atoms with Crippen LogP contribution >= 0.6 is 0 Å². The highest BCUT2D eigenvalue weighted by molar-refractivity contribution is 5.43. The van der Waals surface area contributed by atoms with Crippen molar-refractivity contribution in [3.8, 4) is 0 Å². The lowest BCUT2D eigenvalue weighted by Crippen LogP contribution is -2.50. The van der Waals surface area contributed by atoms with Crippen LogP contribution < -0.4 is 11.1 Å². The number of anilines is 1. The number of rotatable bonds is 4. The average Bonchev–Trinajstić information content (AvgIpc) is 3.11. The molecule has 1 aliphatic carbocycles. The second-order valence-electron chi connectivity index (χ2n) is 6.44. The van der Waals surface area contributed by atoms with E-state index in [9.17, 15) is 0 Å². The average molecular weight is 260 g/mol. The van der Waals surface area contributed by atoms with Gasteiger partial charge in [-0.3, -0.25) is 0 Å². The van der Waals surface area contributed by atoms with Crippen LogP contribution in [0.3, 0.4) is 0 Å². The Hall–Kier alpha value is -1.06. The predicted molar refractivity (Wildman–Crippen MR) is 78.2 cm³/mol. The van der Waals surface area contributed by atoms with Gasteiger partial charge in [0.05, 0.1) is 6.10 Å². The fraction of sp³-hybridized carbons (Fsp3) is 0.625. The molecule has 0 amide bonds. The molecular formula is C16H24N2O. The summed E-state index contributed by atoms with van der Waals surface area (Å²) in [5.41, 5.74) is 8.50. The number of hydrogen-bond donors (Lipinski definition) is 2. The SMILES string of the molecule is CC1OCCC1(C)NCC1(c2ccc(N)cc2)CC1. The van der Waals surface area contributed by atoms with E-state index < -0.39 is 0 Å². The van der Waals surface area contributed by atoms with Crippen molar-refractivity contribution in [3.63, 3.8) is 0 Å². The van der Waals surface area contributed by atoms with E-state index >= 15 is 0 Å². The summed E-state index contributed by atoms with van der Waals surface area (Å²) in [5.74, 6) is 0. The number of nitrogen functional groups attached to an aromatic ring is 1. The Kier molecular flexibility index (Phi) is 3.06. The van der Waals surface area contributed by atoms with E-state index in [0.29, 0.717) is 11.5 Å². The monoisotopic (exact) mass is 260 g/mol. The largest absolute Gasteiger partial charge is 0.399 e. The second kappa shape index (κ2) is 4.50. The molecule has 1 heterocycles. The number of hydrogen-bond acceptors (Lipinski definition) is 3. The van der Waals surface area contributed by atoms with E-state index in [2.05, 4.69) is 31.3 Å². The Balaban J connectivity index is 1.68. The van der Waals surface area contributed by atoms with Crippen molar-refractivity contribution in [3.05, 3.63) is 29.8 Å². The maximum Gasteiger partial charge on any atom is 0.0726 e. The maximum absolute atomic E-state index is 5.77. The highest BCUT2D eigenvalue weighted by atomic mass is 16.5. The molecule has 3 nitrogen and oxygen atoms in total. The summed E-state index contributed by atoms with van der Waals surface area (Å²) in [6.45, 7) is 6.37. The number of ether oxygens (including phenoxy) is 1. The van der Waals surface area contributed by atoms with E-state index in [1.807, 2.05) is 12.1 Å². The van der Waals surface area contributed by atoms with Crippen LogP contribution in [0.4, 0.5) is 5.69 Å². The molecule has 19 heavy (non-hydrogen) atoms. The van der Waals surface area contributed by atoms with E-state index in [-0.39, 0.29) is 5.54 Å². The minimum absolute atomic E-state index is 0.128. The molecule has 2 fully saturated rings. The molecule has 1 saturated carbocycles. The van der Waals surface area contributed by atoms with Crippen molar-refractivity contribution in [1.29, 1.82) is 0 Å². The van der Waals surface area contributed by atoms with Gasteiger partial charge >= 0.3 is 0 Å². The first kappa shape index (κ1) is 12.9. The zero-order valence-corrected chi connectivity index (χ0v) is 11.9. The van der Waals surface area contributed by atoms with E-state index in [4.69, 9.17) is 10.5 Å². The van der Waals surface area contributed by atoms with Crippen LogP contribution in [0, 0.1) is 0 Å². The summed E-state index contributed by atoms with van der Waals surface area (Å²) in [5, 5.41) is 3.77. The van der Waals surface area contributed by atoms with Gasteiger partial charge in [0, 0.05) is 29.8 Å². The molecule has 0 bridgehead atoms. The quantitative estimate of drug-likeness (QED) is 0.818. The van der Waals surface area contributed by atoms with Gasteiger partial charge in [0.15, 0.2) is 0 Å². The molecule has 3 heteroatoms. The number of nitrogens with one attached hydrogen (secondary N) is 1. The van der Waals surface area contributed by atoms with Crippen molar-refractivity contribution in [2.45, 2.75) is 50.2 Å². The normalized spacial score (nSPS) is 32.4. The summed E-state index contributed by atoms with van der Waals surface area (Å²) >= 11 is 0. The van der Waals surface area contributed by atoms with Crippen LogP contribution in [-0.4, -0.2) is 24.8 Å². The molecule has 1 saturated heterocycles. The Morgan fingerprint density at radius 1 is 1.26 bits per heavy atom. The van der Waals surface area contributed by atoms with Crippen LogP contribution in [0.5, 0.6) is 0 Å². The summed E-state index contributed by atoms with van der Waals surface area (Å²) in [4.78, 5) is 0. The van der Waals surface area contributed by atoms with E-state index in [1.54, 1.807) is 0 Å². The fourth-order valence-corrected chi connectivity index (χ4v) is 2.99. The van der Waals surface area contributed by atoms with Crippen molar-refractivity contribution in [1.82, 2.24) is 5.32 Å². The number of nitrogens with two attached hydrogens (primary N) is 1. The summed E-state index contributed by atoms with van der Waals surface area (Å²) in [6.07, 6.45) is 3.95. The molecular weight excluding hydrogens is 236 g/mol. The molecule has 1 aromatic rings. The highest BCUT2D eigenvalue weighted by Gasteiger charge is 2.46. The fourth-order valence-electron chi connectivity index (χ4n) is 2.99. The molecule has 2 unspecified atom stereocenters. The third-order valence-corrected chi connectivity index (χ3v) is 5.09. The Morgan fingerprint density at radius 2 is 1.95 bits per heavy atom. The lowest BCUT2D eigenvalue weighted by molar-refractivity contribution is 0.0878. The minimum atomic E-state index is 0.128. The summed E-state index contributed by atoms with van der Waals surface area (Å²) in [6, 6.07) is 8.39. The lowest BCUT2D eigenvalue weighted by atomic mass is 9.90. The topological polar surface area (TPSA) is 47.3 Å². The molecule has 1 aliphatic heterocycles. The van der Waals surface area contributed by atoms with E-state index in [1.165, 1.54) is 18.4 Å². The van der Waals surface area contributed by atoms with Crippen LogP contribution in [0.1, 0.15) is 38.7 Å². The molecule has 3 N–H and O–H groups in total. The van der Waals surface area contributed by atoms with Crippen molar-refractivity contribution < 1.29 is 4.74 Å². The Bertz CT molecular complexity index is 452. The standard InChI is InChI=1S/C16H24N2O/c1-12-15(2,9-10-19-12)18-11-16(7-8-16)13-3-5-14(17)6-4-13/h3-6,12,18H,7-11,17H2,1-2H3. The predicted octanol–water partition coefficient (Wildman–Crippen LogP) is 2.46. The minimum Gasteiger partial charge on any atom is -0.399 e. The van der Waals surface area contributed by atoms with Crippen molar-refractivity contribution in [2.75, 3.05) is 18.9 Å². The smallest absolute Gasteiger partial charge is 0.0726 e. The van der Waals surface area contributed by atoms with Crippen LogP contribution in [0.2, 0.25) is 0 Å². The van der Waals surface area contributed by atoms with Gasteiger partial charge in [-0.1, -0.05) is 12.1 Å². The zero-order chi connectivity index (χ0) is 13.5. The summed E-state index contributed by atoms with van der Waals surface area (Å²) < 4.78 is 5.70. The van der Waals surface area contributed by atoms with Gasteiger partial charge in [0.2, 0.25) is 0 Å². The van der Waals surface area contributed by atoms with Crippen LogP contribution in [0.25, 0.3) is 0 Å². The first-order valence-corrected chi connectivity index (χ1v) is 7.27. The molecule has 0 spiro atoms. The first-order valence-electron chi connectivity index (χ1n) is 7.27. The van der Waals surface area contributed by atoms with Gasteiger partial charge in [-0.15, -0.1) is 0 Å². The zero-order valence-electron chi connectivity index (χ0n) is 11.9.